The van der Waals surface area contributed by atoms with E-state index in [0.29, 0.717) is 24.0 Å². The van der Waals surface area contributed by atoms with E-state index in [-0.39, 0.29) is 12.5 Å². The number of anilines is 1. The highest BCUT2D eigenvalue weighted by Gasteiger charge is 2.21. The van der Waals surface area contributed by atoms with Crippen molar-refractivity contribution in [1.82, 2.24) is 10.2 Å². The number of ether oxygens (including phenoxy) is 1. The van der Waals surface area contributed by atoms with Crippen molar-refractivity contribution in [2.24, 2.45) is 0 Å². The van der Waals surface area contributed by atoms with E-state index < -0.39 is 0 Å². The fraction of sp³-hybridized carbons (Fsp3) is 0.211. The lowest BCUT2D eigenvalue weighted by Crippen LogP contribution is -2.23. The molecule has 3 aromatic rings. The van der Waals surface area contributed by atoms with Crippen molar-refractivity contribution in [1.29, 1.82) is 0 Å². The largest absolute Gasteiger partial charge is 0.484 e. The van der Waals surface area contributed by atoms with Gasteiger partial charge in [-0.05, 0) is 46.6 Å². The molecule has 0 aliphatic carbocycles. The van der Waals surface area contributed by atoms with E-state index in [9.17, 15) is 4.79 Å². The van der Waals surface area contributed by atoms with Crippen LogP contribution in [0.2, 0.25) is 0 Å². The Bertz CT molecular complexity index is 941. The van der Waals surface area contributed by atoms with Crippen molar-refractivity contribution >= 4 is 27.5 Å². The molecule has 6 nitrogen and oxygen atoms in total. The maximum absolute atomic E-state index is 11.9. The second kappa shape index (κ2) is 7.29. The maximum atomic E-state index is 11.9. The number of hydrogen-bond acceptors (Lipinski definition) is 5. The Hall–Kier alpha value is -2.67. The summed E-state index contributed by atoms with van der Waals surface area (Å²) in [6.07, 6.45) is 1.49. The molecule has 7 heteroatoms. The summed E-state index contributed by atoms with van der Waals surface area (Å²) < 4.78 is 12.3. The van der Waals surface area contributed by atoms with Crippen molar-refractivity contribution in [3.05, 3.63) is 58.9 Å². The number of rotatable bonds is 5. The van der Waals surface area contributed by atoms with Crippen molar-refractivity contribution in [3.8, 4) is 17.2 Å². The van der Waals surface area contributed by atoms with Gasteiger partial charge in [-0.25, -0.2) is 0 Å². The first-order valence-corrected chi connectivity index (χ1v) is 9.10. The Morgan fingerprint density at radius 3 is 2.85 bits per heavy atom. The van der Waals surface area contributed by atoms with Gasteiger partial charge in [0.05, 0.1) is 5.56 Å². The van der Waals surface area contributed by atoms with Crippen molar-refractivity contribution in [3.63, 3.8) is 0 Å². The van der Waals surface area contributed by atoms with E-state index in [4.69, 9.17) is 9.15 Å². The quantitative estimate of drug-likeness (QED) is 0.626. The normalized spacial score (nSPS) is 14.0. The molecule has 0 spiro atoms. The van der Waals surface area contributed by atoms with E-state index in [2.05, 4.69) is 26.1 Å². The van der Waals surface area contributed by atoms with Crippen LogP contribution in [0.1, 0.15) is 18.7 Å². The third-order valence-corrected chi connectivity index (χ3v) is 4.83. The van der Waals surface area contributed by atoms with Crippen molar-refractivity contribution < 1.29 is 13.9 Å². The van der Waals surface area contributed by atoms with E-state index in [1.54, 1.807) is 4.90 Å². The van der Waals surface area contributed by atoms with Crippen LogP contribution in [-0.2, 0) is 11.4 Å². The van der Waals surface area contributed by atoms with Crippen LogP contribution in [0.3, 0.4) is 0 Å². The van der Waals surface area contributed by atoms with E-state index in [0.717, 1.165) is 28.7 Å². The molecule has 0 N–H and O–H groups in total. The molecule has 1 aliphatic rings. The Morgan fingerprint density at radius 1 is 1.15 bits per heavy atom. The highest BCUT2D eigenvalue weighted by atomic mass is 79.9. The zero-order valence-electron chi connectivity index (χ0n) is 13.9. The van der Waals surface area contributed by atoms with Gasteiger partial charge < -0.3 is 14.1 Å². The van der Waals surface area contributed by atoms with E-state index in [1.807, 2.05) is 48.5 Å². The Labute approximate surface area is 158 Å². The molecule has 26 heavy (non-hydrogen) atoms. The summed E-state index contributed by atoms with van der Waals surface area (Å²) in [5.74, 6) is 1.63. The molecule has 0 saturated carbocycles. The summed E-state index contributed by atoms with van der Waals surface area (Å²) in [6.45, 7) is 0.913. The number of carbonyl (C=O) groups is 1. The monoisotopic (exact) mass is 413 g/mol. The molecule has 1 fully saturated rings. The second-order valence-corrected chi connectivity index (χ2v) is 6.77. The van der Waals surface area contributed by atoms with Crippen LogP contribution in [-0.4, -0.2) is 22.6 Å². The zero-order chi connectivity index (χ0) is 17.9. The first-order valence-electron chi connectivity index (χ1n) is 8.31. The van der Waals surface area contributed by atoms with Crippen molar-refractivity contribution in [2.45, 2.75) is 19.4 Å². The van der Waals surface area contributed by atoms with Crippen LogP contribution in [0.4, 0.5) is 5.69 Å². The number of nitrogens with zero attached hydrogens (tertiary/aromatic N) is 3. The molecule has 0 bridgehead atoms. The first-order chi connectivity index (χ1) is 12.7. The van der Waals surface area contributed by atoms with Gasteiger partial charge in [0, 0.05) is 29.2 Å². The minimum absolute atomic E-state index is 0.150. The molecule has 0 unspecified atom stereocenters. The highest BCUT2D eigenvalue weighted by Crippen LogP contribution is 2.28. The molecule has 2 aromatic carbocycles. The number of carbonyl (C=O) groups excluding carboxylic acids is 1. The predicted molar refractivity (Wildman–Crippen MR) is 99.8 cm³/mol. The summed E-state index contributed by atoms with van der Waals surface area (Å²) in [6, 6.07) is 15.1. The van der Waals surface area contributed by atoms with E-state index in [1.165, 1.54) is 0 Å². The van der Waals surface area contributed by atoms with Crippen LogP contribution < -0.4 is 9.64 Å². The topological polar surface area (TPSA) is 68.5 Å². The average molecular weight is 414 g/mol. The Balaban J connectivity index is 1.45. The molecular weight excluding hydrogens is 398 g/mol. The van der Waals surface area contributed by atoms with Crippen LogP contribution >= 0.6 is 15.9 Å². The molecule has 1 aromatic heterocycles. The molecule has 0 atom stereocenters. The number of aromatic nitrogens is 2. The summed E-state index contributed by atoms with van der Waals surface area (Å²) in [7, 11) is 0. The molecule has 1 saturated heterocycles. The molecule has 1 aliphatic heterocycles. The summed E-state index contributed by atoms with van der Waals surface area (Å²) in [5, 5.41) is 8.10. The van der Waals surface area contributed by atoms with Crippen molar-refractivity contribution in [2.75, 3.05) is 11.4 Å². The number of amides is 1. The van der Waals surface area contributed by atoms with Gasteiger partial charge >= 0.3 is 0 Å². The van der Waals surface area contributed by atoms with Gasteiger partial charge in [-0.1, -0.05) is 18.2 Å². The molecule has 1 amide bonds. The fourth-order valence-corrected chi connectivity index (χ4v) is 3.32. The maximum Gasteiger partial charge on any atom is 0.254 e. The number of hydrogen-bond donors (Lipinski definition) is 0. The molecule has 2 heterocycles. The summed E-state index contributed by atoms with van der Waals surface area (Å²) in [5.41, 5.74) is 1.69. The minimum Gasteiger partial charge on any atom is -0.484 e. The Kier molecular flexibility index (Phi) is 4.71. The summed E-state index contributed by atoms with van der Waals surface area (Å²) >= 11 is 3.47. The summed E-state index contributed by atoms with van der Waals surface area (Å²) in [4.78, 5) is 13.7. The third kappa shape index (κ3) is 3.48. The zero-order valence-corrected chi connectivity index (χ0v) is 15.5. The number of benzene rings is 2. The van der Waals surface area contributed by atoms with Crippen LogP contribution in [0.5, 0.6) is 5.75 Å². The highest BCUT2D eigenvalue weighted by molar-refractivity contribution is 9.10. The van der Waals surface area contributed by atoms with Gasteiger partial charge in [0.25, 0.3) is 5.89 Å². The molecule has 4 rings (SSSR count). The van der Waals surface area contributed by atoms with Gasteiger partial charge in [0.1, 0.15) is 5.75 Å². The van der Waals surface area contributed by atoms with Gasteiger partial charge in [0.15, 0.2) is 6.61 Å². The lowest BCUT2D eigenvalue weighted by molar-refractivity contribution is -0.117. The van der Waals surface area contributed by atoms with E-state index >= 15 is 0 Å². The molecular formula is C19H16BrN3O3. The average Bonchev–Trinajstić information content (AvgIpc) is 3.30. The fourth-order valence-electron chi connectivity index (χ4n) is 2.86. The SMILES string of the molecule is O=C1CCCN1c1cccc(OCc2nnc(-c3ccccc3Br)o2)c1. The molecule has 0 radical (unpaired) electrons. The van der Waals surface area contributed by atoms with Gasteiger partial charge in [-0.2, -0.15) is 0 Å². The third-order valence-electron chi connectivity index (χ3n) is 4.14. The van der Waals surface area contributed by atoms with Gasteiger partial charge in [0.2, 0.25) is 11.8 Å². The second-order valence-electron chi connectivity index (χ2n) is 5.92. The lowest BCUT2D eigenvalue weighted by atomic mass is 10.2. The van der Waals surface area contributed by atoms with Gasteiger partial charge in [-0.3, -0.25) is 4.79 Å². The van der Waals surface area contributed by atoms with Crippen LogP contribution in [0.25, 0.3) is 11.5 Å². The lowest BCUT2D eigenvalue weighted by Gasteiger charge is -2.16. The van der Waals surface area contributed by atoms with Crippen LogP contribution in [0.15, 0.2) is 57.4 Å². The van der Waals surface area contributed by atoms with Crippen LogP contribution in [0, 0.1) is 0 Å². The smallest absolute Gasteiger partial charge is 0.254 e. The molecule has 132 valence electrons. The predicted octanol–water partition coefficient (Wildman–Crippen LogP) is 4.20. The standard InChI is InChI=1S/C19H16BrN3O3/c20-16-8-2-1-7-15(16)19-22-21-17(26-19)12-25-14-6-3-5-13(11-14)23-10-4-9-18(23)24/h1-3,5-8,11H,4,9-10,12H2. The first kappa shape index (κ1) is 16.8. The Morgan fingerprint density at radius 2 is 2.04 bits per heavy atom. The van der Waals surface area contributed by atoms with Gasteiger partial charge in [-0.15, -0.1) is 10.2 Å². The minimum atomic E-state index is 0.150. The number of halogens is 1.